The number of benzene rings is 1. The first-order chi connectivity index (χ1) is 8.63. The lowest BCUT2D eigenvalue weighted by molar-refractivity contribution is 0.345. The molecule has 0 spiro atoms. The first-order valence-corrected chi connectivity index (χ1v) is 7.49. The van der Waals surface area contributed by atoms with Gasteiger partial charge in [-0.15, -0.1) is 11.6 Å². The maximum Gasteiger partial charge on any atom is 0.0336 e. The van der Waals surface area contributed by atoms with Crippen LogP contribution in [0.15, 0.2) is 18.2 Å². The van der Waals surface area contributed by atoms with Gasteiger partial charge in [-0.2, -0.15) is 0 Å². The quantitative estimate of drug-likeness (QED) is 0.805. The van der Waals surface area contributed by atoms with Crippen LogP contribution in [0.25, 0.3) is 0 Å². The number of alkyl halides is 1. The number of hydrogen-bond donors (Lipinski definition) is 1. The summed E-state index contributed by atoms with van der Waals surface area (Å²) >= 11 is 6.13. The van der Waals surface area contributed by atoms with Crippen LogP contribution in [0.5, 0.6) is 0 Å². The largest absolute Gasteiger partial charge is 0.312 e. The molecule has 1 nitrogen and oxygen atoms in total. The molecule has 2 rings (SSSR count). The lowest BCUT2D eigenvalue weighted by Crippen LogP contribution is -2.26. The summed E-state index contributed by atoms with van der Waals surface area (Å²) in [5.41, 5.74) is 4.11. The third-order valence-corrected chi connectivity index (χ3v) is 4.26. The van der Waals surface area contributed by atoms with Crippen LogP contribution in [0, 0.1) is 19.8 Å². The Labute approximate surface area is 116 Å². The van der Waals surface area contributed by atoms with Crippen molar-refractivity contribution in [2.24, 2.45) is 5.92 Å². The van der Waals surface area contributed by atoms with E-state index in [1.165, 1.54) is 42.4 Å². The fourth-order valence-electron chi connectivity index (χ4n) is 2.92. The lowest BCUT2D eigenvalue weighted by atomic mass is 9.89. The number of halogens is 1. The van der Waals surface area contributed by atoms with Gasteiger partial charge < -0.3 is 5.32 Å². The smallest absolute Gasteiger partial charge is 0.0336 e. The van der Waals surface area contributed by atoms with E-state index in [9.17, 15) is 0 Å². The molecular formula is C16H24ClN. The molecule has 0 aliphatic heterocycles. The van der Waals surface area contributed by atoms with Gasteiger partial charge in [0, 0.05) is 11.9 Å². The Morgan fingerprint density at radius 2 is 1.67 bits per heavy atom. The van der Waals surface area contributed by atoms with E-state index in [4.69, 9.17) is 11.6 Å². The van der Waals surface area contributed by atoms with E-state index in [-0.39, 0.29) is 0 Å². The summed E-state index contributed by atoms with van der Waals surface area (Å²) in [7, 11) is 0. The van der Waals surface area contributed by atoms with Gasteiger partial charge in [0.2, 0.25) is 0 Å². The van der Waals surface area contributed by atoms with Gasteiger partial charge in [0.15, 0.2) is 0 Å². The summed E-state index contributed by atoms with van der Waals surface area (Å²) in [6, 6.07) is 6.77. The summed E-state index contributed by atoms with van der Waals surface area (Å²) < 4.78 is 0. The van der Waals surface area contributed by atoms with Crippen LogP contribution in [-0.2, 0) is 6.54 Å². The van der Waals surface area contributed by atoms with Crippen LogP contribution < -0.4 is 5.32 Å². The Hall–Kier alpha value is -0.530. The predicted molar refractivity (Wildman–Crippen MR) is 79.2 cm³/mol. The SMILES string of the molecule is Cc1cc(C)cc(CNCC2CCC(Cl)CC2)c1. The van der Waals surface area contributed by atoms with Crippen molar-refractivity contribution < 1.29 is 0 Å². The molecule has 2 heteroatoms. The fourth-order valence-corrected chi connectivity index (χ4v) is 3.17. The summed E-state index contributed by atoms with van der Waals surface area (Å²) in [5, 5.41) is 4.03. The van der Waals surface area contributed by atoms with Crippen molar-refractivity contribution in [3.63, 3.8) is 0 Å². The van der Waals surface area contributed by atoms with Crippen molar-refractivity contribution in [3.8, 4) is 0 Å². The monoisotopic (exact) mass is 265 g/mol. The molecule has 0 saturated heterocycles. The average Bonchev–Trinajstić information content (AvgIpc) is 2.30. The second-order valence-electron chi connectivity index (χ2n) is 5.74. The average molecular weight is 266 g/mol. The van der Waals surface area contributed by atoms with E-state index in [1.54, 1.807) is 0 Å². The second kappa shape index (κ2) is 6.58. The van der Waals surface area contributed by atoms with Crippen LogP contribution in [0.2, 0.25) is 0 Å². The Bertz CT molecular complexity index is 360. The van der Waals surface area contributed by atoms with Crippen LogP contribution in [-0.4, -0.2) is 11.9 Å². The zero-order valence-electron chi connectivity index (χ0n) is 11.5. The highest BCUT2D eigenvalue weighted by Gasteiger charge is 2.18. The lowest BCUT2D eigenvalue weighted by Gasteiger charge is -2.25. The van der Waals surface area contributed by atoms with Crippen LogP contribution in [0.3, 0.4) is 0 Å². The Morgan fingerprint density at radius 1 is 1.06 bits per heavy atom. The molecule has 0 bridgehead atoms. The highest BCUT2D eigenvalue weighted by molar-refractivity contribution is 6.20. The third kappa shape index (κ3) is 4.29. The Morgan fingerprint density at radius 3 is 2.28 bits per heavy atom. The molecule has 1 fully saturated rings. The van der Waals surface area contributed by atoms with Crippen molar-refractivity contribution in [1.82, 2.24) is 5.32 Å². The first kappa shape index (κ1) is 13.9. The third-order valence-electron chi connectivity index (χ3n) is 3.82. The van der Waals surface area contributed by atoms with E-state index in [1.807, 2.05) is 0 Å². The second-order valence-corrected chi connectivity index (χ2v) is 6.36. The van der Waals surface area contributed by atoms with Crippen molar-refractivity contribution in [2.45, 2.75) is 51.5 Å². The summed E-state index contributed by atoms with van der Waals surface area (Å²) in [6.45, 7) is 6.45. The van der Waals surface area contributed by atoms with E-state index in [0.717, 1.165) is 19.0 Å². The highest BCUT2D eigenvalue weighted by atomic mass is 35.5. The predicted octanol–water partition coefficient (Wildman–Crippen LogP) is 4.19. The zero-order chi connectivity index (χ0) is 13.0. The van der Waals surface area contributed by atoms with Crippen molar-refractivity contribution in [3.05, 3.63) is 34.9 Å². The number of aryl methyl sites for hydroxylation is 2. The molecule has 1 aliphatic carbocycles. The number of nitrogens with one attached hydrogen (secondary N) is 1. The normalized spacial score (nSPS) is 24.2. The van der Waals surface area contributed by atoms with Gasteiger partial charge in [-0.25, -0.2) is 0 Å². The molecule has 1 N–H and O–H groups in total. The van der Waals surface area contributed by atoms with Crippen molar-refractivity contribution in [2.75, 3.05) is 6.54 Å². The topological polar surface area (TPSA) is 12.0 Å². The van der Waals surface area contributed by atoms with Crippen LogP contribution in [0.1, 0.15) is 42.4 Å². The molecule has 0 atom stereocenters. The minimum atomic E-state index is 0.431. The highest BCUT2D eigenvalue weighted by Crippen LogP contribution is 2.27. The van der Waals surface area contributed by atoms with Gasteiger partial charge in [0.1, 0.15) is 0 Å². The Balaban J connectivity index is 1.74. The maximum absolute atomic E-state index is 6.13. The van der Waals surface area contributed by atoms with Gasteiger partial charge in [-0.3, -0.25) is 0 Å². The number of hydrogen-bond acceptors (Lipinski definition) is 1. The molecule has 1 aromatic carbocycles. The molecule has 0 heterocycles. The van der Waals surface area contributed by atoms with E-state index >= 15 is 0 Å². The summed E-state index contributed by atoms with van der Waals surface area (Å²) in [4.78, 5) is 0. The molecule has 0 amide bonds. The molecule has 1 saturated carbocycles. The molecule has 1 aromatic rings. The van der Waals surface area contributed by atoms with Crippen molar-refractivity contribution in [1.29, 1.82) is 0 Å². The van der Waals surface area contributed by atoms with Gasteiger partial charge in [0.05, 0.1) is 0 Å². The Kier molecular flexibility index (Phi) is 5.08. The van der Waals surface area contributed by atoms with E-state index in [2.05, 4.69) is 37.4 Å². The minimum absolute atomic E-state index is 0.431. The molecule has 0 radical (unpaired) electrons. The molecule has 1 aliphatic rings. The molecule has 0 aromatic heterocycles. The van der Waals surface area contributed by atoms with E-state index in [0.29, 0.717) is 5.38 Å². The van der Waals surface area contributed by atoms with Crippen LogP contribution >= 0.6 is 11.6 Å². The summed E-state index contributed by atoms with van der Waals surface area (Å²) in [5.74, 6) is 0.825. The molecule has 0 unspecified atom stereocenters. The summed E-state index contributed by atoms with van der Waals surface area (Å²) in [6.07, 6.45) is 4.96. The van der Waals surface area contributed by atoms with Gasteiger partial charge in [-0.05, 0) is 57.6 Å². The van der Waals surface area contributed by atoms with Gasteiger partial charge in [0.25, 0.3) is 0 Å². The standard InChI is InChI=1S/C16H24ClN/c1-12-7-13(2)9-15(8-12)11-18-10-14-3-5-16(17)6-4-14/h7-9,14,16,18H,3-6,10-11H2,1-2H3. The van der Waals surface area contributed by atoms with Crippen LogP contribution in [0.4, 0.5) is 0 Å². The van der Waals surface area contributed by atoms with E-state index < -0.39 is 0 Å². The van der Waals surface area contributed by atoms with Gasteiger partial charge >= 0.3 is 0 Å². The van der Waals surface area contributed by atoms with Crippen molar-refractivity contribution >= 4 is 11.6 Å². The number of rotatable bonds is 4. The van der Waals surface area contributed by atoms with Gasteiger partial charge in [-0.1, -0.05) is 29.3 Å². The molecular weight excluding hydrogens is 242 g/mol. The fraction of sp³-hybridized carbons (Fsp3) is 0.625. The molecule has 18 heavy (non-hydrogen) atoms. The first-order valence-electron chi connectivity index (χ1n) is 7.05. The zero-order valence-corrected chi connectivity index (χ0v) is 12.3. The maximum atomic E-state index is 6.13. The minimum Gasteiger partial charge on any atom is -0.312 e. The molecule has 100 valence electrons.